The zero-order valence-electron chi connectivity index (χ0n) is 15.8. The molecule has 0 saturated heterocycles. The first-order chi connectivity index (χ1) is 14.5. The molecule has 30 heavy (non-hydrogen) atoms. The fourth-order valence-corrected chi connectivity index (χ4v) is 4.81. The van der Waals surface area contributed by atoms with E-state index in [1.807, 2.05) is 12.1 Å². The number of hydrogen-bond donors (Lipinski definition) is 0. The molecule has 0 atom stereocenters. The Balaban J connectivity index is 1.69. The summed E-state index contributed by atoms with van der Waals surface area (Å²) in [5, 5.41) is 18.3. The Morgan fingerprint density at radius 3 is 1.87 bits per heavy atom. The Morgan fingerprint density at radius 2 is 1.33 bits per heavy atom. The van der Waals surface area contributed by atoms with Gasteiger partial charge in [0, 0.05) is 29.4 Å². The third-order valence-electron chi connectivity index (χ3n) is 6.31. The Morgan fingerprint density at radius 1 is 0.800 bits per heavy atom. The van der Waals surface area contributed by atoms with E-state index in [2.05, 4.69) is 5.10 Å². The lowest BCUT2D eigenvalue weighted by Gasteiger charge is -2.30. The molecule has 6 rings (SSSR count). The van der Waals surface area contributed by atoms with Crippen molar-refractivity contribution in [3.8, 4) is 11.8 Å². The standard InChI is InChI=1S/C24H16F2N2O2/c25-17-9-5-15(6-10-17)24(16-7-11-18(26)12-8-16)23(13-14-23)28-22(30-24)20-4-2-1-3-19(20)21(29)27-28/h1-12H,13-14H2. The zero-order valence-corrected chi connectivity index (χ0v) is 15.8. The molecule has 2 aliphatic rings. The SMILES string of the molecule is [O-]c1n[n+]2c(c3ccccc13)OC(c1ccc(F)cc1)(c1ccc(F)cc1)C21CC1. The highest BCUT2D eigenvalue weighted by molar-refractivity contribution is 5.89. The van der Waals surface area contributed by atoms with Gasteiger partial charge in [-0.25, -0.2) is 8.78 Å². The van der Waals surface area contributed by atoms with Crippen molar-refractivity contribution in [3.63, 3.8) is 0 Å². The molecule has 0 bridgehead atoms. The summed E-state index contributed by atoms with van der Waals surface area (Å²) in [6.07, 6.45) is 1.45. The number of ether oxygens (including phenoxy) is 1. The maximum atomic E-state index is 13.7. The van der Waals surface area contributed by atoms with Crippen LogP contribution in [0.5, 0.6) is 11.8 Å². The van der Waals surface area contributed by atoms with Gasteiger partial charge in [0.15, 0.2) is 0 Å². The molecule has 148 valence electrons. The molecule has 4 nitrogen and oxygen atoms in total. The fourth-order valence-electron chi connectivity index (χ4n) is 4.81. The van der Waals surface area contributed by atoms with E-state index in [1.165, 1.54) is 24.3 Å². The van der Waals surface area contributed by atoms with Crippen LogP contribution < -0.4 is 14.5 Å². The smallest absolute Gasteiger partial charge is 0.403 e. The lowest BCUT2D eigenvalue weighted by molar-refractivity contribution is -0.783. The summed E-state index contributed by atoms with van der Waals surface area (Å²) >= 11 is 0. The minimum atomic E-state index is -1.05. The van der Waals surface area contributed by atoms with Crippen LogP contribution in [0.4, 0.5) is 8.78 Å². The van der Waals surface area contributed by atoms with Gasteiger partial charge in [-0.1, -0.05) is 42.5 Å². The molecule has 0 unspecified atom stereocenters. The van der Waals surface area contributed by atoms with Crippen LogP contribution in [0, 0.1) is 11.6 Å². The molecule has 2 heterocycles. The van der Waals surface area contributed by atoms with Crippen molar-refractivity contribution in [2.75, 3.05) is 0 Å². The van der Waals surface area contributed by atoms with Crippen LogP contribution in [0.15, 0.2) is 72.8 Å². The van der Waals surface area contributed by atoms with Crippen LogP contribution in [-0.2, 0) is 11.1 Å². The summed E-state index contributed by atoms with van der Waals surface area (Å²) in [6, 6.07) is 19.5. The van der Waals surface area contributed by atoms with E-state index in [4.69, 9.17) is 4.74 Å². The monoisotopic (exact) mass is 402 g/mol. The predicted octanol–water partition coefficient (Wildman–Crippen LogP) is 3.70. The van der Waals surface area contributed by atoms with Crippen molar-refractivity contribution >= 4 is 10.8 Å². The topological polar surface area (TPSA) is 49.1 Å². The van der Waals surface area contributed by atoms with E-state index >= 15 is 0 Å². The first-order valence-corrected chi connectivity index (χ1v) is 9.79. The van der Waals surface area contributed by atoms with Crippen LogP contribution in [0.2, 0.25) is 0 Å². The summed E-state index contributed by atoms with van der Waals surface area (Å²) < 4.78 is 35.9. The molecular weight excluding hydrogens is 386 g/mol. The molecule has 1 aromatic heterocycles. The van der Waals surface area contributed by atoms with Gasteiger partial charge < -0.3 is 9.84 Å². The van der Waals surface area contributed by atoms with Gasteiger partial charge in [-0.05, 0) is 40.1 Å². The molecule has 6 heteroatoms. The van der Waals surface area contributed by atoms with Crippen molar-refractivity contribution in [2.24, 2.45) is 0 Å². The molecule has 1 saturated carbocycles. The Kier molecular flexibility index (Phi) is 3.32. The van der Waals surface area contributed by atoms with Crippen LogP contribution in [-0.4, -0.2) is 5.10 Å². The molecule has 0 amide bonds. The highest BCUT2D eigenvalue weighted by Crippen LogP contribution is 2.62. The van der Waals surface area contributed by atoms with Crippen molar-refractivity contribution in [1.82, 2.24) is 5.10 Å². The summed E-state index contributed by atoms with van der Waals surface area (Å²) in [6.45, 7) is 0. The molecule has 0 N–H and O–H groups in total. The molecule has 4 aromatic rings. The minimum absolute atomic E-state index is 0.321. The van der Waals surface area contributed by atoms with E-state index in [-0.39, 0.29) is 17.5 Å². The van der Waals surface area contributed by atoms with Gasteiger partial charge in [0.2, 0.25) is 11.1 Å². The fraction of sp³-hybridized carbons (Fsp3) is 0.167. The molecule has 1 fully saturated rings. The summed E-state index contributed by atoms with van der Waals surface area (Å²) in [5.41, 5.74) is -0.225. The number of nitrogens with zero attached hydrogens (tertiary/aromatic N) is 2. The van der Waals surface area contributed by atoms with E-state index in [0.29, 0.717) is 16.7 Å². The van der Waals surface area contributed by atoms with Crippen LogP contribution in [0.25, 0.3) is 10.8 Å². The first kappa shape index (κ1) is 17.3. The van der Waals surface area contributed by atoms with Crippen molar-refractivity contribution in [1.29, 1.82) is 0 Å². The molecule has 1 aliphatic heterocycles. The molecular formula is C24H16F2N2O2. The quantitative estimate of drug-likeness (QED) is 0.481. The summed E-state index contributed by atoms with van der Waals surface area (Å²) in [7, 11) is 0. The number of aromatic nitrogens is 2. The first-order valence-electron chi connectivity index (χ1n) is 9.79. The summed E-state index contributed by atoms with van der Waals surface area (Å²) in [5.74, 6) is -0.535. The van der Waals surface area contributed by atoms with E-state index in [1.54, 1.807) is 41.1 Å². The lowest BCUT2D eigenvalue weighted by atomic mass is 9.78. The number of hydrogen-bond acceptors (Lipinski definition) is 3. The highest BCUT2D eigenvalue weighted by atomic mass is 19.1. The Bertz CT molecular complexity index is 1250. The number of halogens is 2. The van der Waals surface area contributed by atoms with Crippen LogP contribution >= 0.6 is 0 Å². The van der Waals surface area contributed by atoms with Crippen LogP contribution in [0.1, 0.15) is 24.0 Å². The van der Waals surface area contributed by atoms with E-state index in [9.17, 15) is 13.9 Å². The maximum absolute atomic E-state index is 13.7. The van der Waals surface area contributed by atoms with Crippen molar-refractivity contribution < 1.29 is 23.3 Å². The molecule has 1 spiro atoms. The van der Waals surface area contributed by atoms with Crippen molar-refractivity contribution in [2.45, 2.75) is 24.0 Å². The Labute approximate surface area is 171 Å². The van der Waals surface area contributed by atoms with Gasteiger partial charge in [0.05, 0.1) is 11.3 Å². The van der Waals surface area contributed by atoms with Gasteiger partial charge in [-0.2, -0.15) is 0 Å². The van der Waals surface area contributed by atoms with E-state index in [0.717, 1.165) is 24.0 Å². The third kappa shape index (κ3) is 2.08. The van der Waals surface area contributed by atoms with Crippen molar-refractivity contribution in [3.05, 3.63) is 95.6 Å². The molecule has 3 aromatic carbocycles. The second-order valence-electron chi connectivity index (χ2n) is 7.90. The highest BCUT2D eigenvalue weighted by Gasteiger charge is 2.78. The zero-order chi connectivity index (χ0) is 20.5. The molecule has 1 aliphatic carbocycles. The van der Waals surface area contributed by atoms with Gasteiger partial charge in [-0.3, -0.25) is 0 Å². The van der Waals surface area contributed by atoms with Gasteiger partial charge in [0.25, 0.3) is 0 Å². The number of benzene rings is 3. The second-order valence-corrected chi connectivity index (χ2v) is 7.90. The average molecular weight is 402 g/mol. The predicted molar refractivity (Wildman–Crippen MR) is 103 cm³/mol. The van der Waals surface area contributed by atoms with Gasteiger partial charge in [0.1, 0.15) is 11.6 Å². The number of fused-ring (bicyclic) bond motifs is 4. The van der Waals surface area contributed by atoms with E-state index < -0.39 is 11.1 Å². The van der Waals surface area contributed by atoms with Crippen LogP contribution in [0.3, 0.4) is 0 Å². The Hall–Kier alpha value is -3.54. The second kappa shape index (κ2) is 5.75. The average Bonchev–Trinajstić information content (AvgIpc) is 3.51. The third-order valence-corrected chi connectivity index (χ3v) is 6.31. The minimum Gasteiger partial charge on any atom is -0.854 e. The lowest BCUT2D eigenvalue weighted by Crippen LogP contribution is -2.56. The normalized spacial score (nSPS) is 17.7. The largest absolute Gasteiger partial charge is 0.854 e. The molecule has 0 radical (unpaired) electrons. The van der Waals surface area contributed by atoms with Gasteiger partial charge in [-0.15, -0.1) is 0 Å². The number of rotatable bonds is 2. The van der Waals surface area contributed by atoms with Gasteiger partial charge >= 0.3 is 5.88 Å². The summed E-state index contributed by atoms with van der Waals surface area (Å²) in [4.78, 5) is 0. The maximum Gasteiger partial charge on any atom is 0.403 e.